The molecule has 3 atom stereocenters. The van der Waals surface area contributed by atoms with Crippen LogP contribution in [0, 0.1) is 0 Å². The Labute approximate surface area is 82.7 Å². The molecule has 0 aliphatic rings. The van der Waals surface area contributed by atoms with Crippen molar-refractivity contribution in [3.8, 4) is 0 Å². The lowest BCUT2D eigenvalue weighted by atomic mass is 10.2. The number of thioether (sulfide) groups is 1. The summed E-state index contributed by atoms with van der Waals surface area (Å²) in [7, 11) is 0. The van der Waals surface area contributed by atoms with E-state index in [1.165, 1.54) is 11.8 Å². The molecular formula is C8H17NO3S. The van der Waals surface area contributed by atoms with Gasteiger partial charge in [0.25, 0.3) is 0 Å². The molecule has 0 aromatic rings. The normalized spacial score (nSPS) is 17.8. The van der Waals surface area contributed by atoms with Crippen LogP contribution in [-0.2, 0) is 4.79 Å². The summed E-state index contributed by atoms with van der Waals surface area (Å²) < 4.78 is 0. The molecule has 78 valence electrons. The average molecular weight is 207 g/mol. The molecule has 0 fully saturated rings. The van der Waals surface area contributed by atoms with E-state index in [2.05, 4.69) is 5.32 Å². The van der Waals surface area contributed by atoms with E-state index in [4.69, 9.17) is 10.2 Å². The number of carboxylic acids is 1. The van der Waals surface area contributed by atoms with E-state index < -0.39 is 12.0 Å². The van der Waals surface area contributed by atoms with E-state index >= 15 is 0 Å². The minimum Gasteiger partial charge on any atom is -0.480 e. The summed E-state index contributed by atoms with van der Waals surface area (Å²) in [5.74, 6) is -0.871. The van der Waals surface area contributed by atoms with Gasteiger partial charge in [-0.3, -0.25) is 4.79 Å². The number of nitrogens with one attached hydrogen (secondary N) is 1. The Kier molecular flexibility index (Phi) is 6.11. The Morgan fingerprint density at radius 1 is 1.54 bits per heavy atom. The molecule has 0 heterocycles. The SMILES string of the molecule is CSC(CO)C(C)NC(C)C(=O)O. The number of hydrogen-bond acceptors (Lipinski definition) is 4. The molecule has 0 amide bonds. The molecule has 0 rings (SSSR count). The summed E-state index contributed by atoms with van der Waals surface area (Å²) in [6.45, 7) is 3.52. The van der Waals surface area contributed by atoms with Gasteiger partial charge in [0.05, 0.1) is 6.61 Å². The first-order valence-electron chi connectivity index (χ1n) is 4.15. The molecule has 13 heavy (non-hydrogen) atoms. The summed E-state index contributed by atoms with van der Waals surface area (Å²) in [6, 6.07) is -0.581. The number of aliphatic hydroxyl groups is 1. The highest BCUT2D eigenvalue weighted by Gasteiger charge is 2.19. The van der Waals surface area contributed by atoms with Crippen LogP contribution in [0.2, 0.25) is 0 Å². The summed E-state index contributed by atoms with van der Waals surface area (Å²) >= 11 is 1.53. The van der Waals surface area contributed by atoms with Gasteiger partial charge in [0.1, 0.15) is 6.04 Å². The van der Waals surface area contributed by atoms with E-state index in [1.54, 1.807) is 6.92 Å². The van der Waals surface area contributed by atoms with Crippen molar-refractivity contribution in [1.82, 2.24) is 5.32 Å². The lowest BCUT2D eigenvalue weighted by molar-refractivity contribution is -0.139. The maximum Gasteiger partial charge on any atom is 0.320 e. The summed E-state index contributed by atoms with van der Waals surface area (Å²) in [6.07, 6.45) is 1.89. The standard InChI is InChI=1S/C8H17NO3S/c1-5(7(4-10)13-3)9-6(2)8(11)12/h5-7,9-10H,4H2,1-3H3,(H,11,12). The average Bonchev–Trinajstić information content (AvgIpc) is 2.06. The number of aliphatic carboxylic acids is 1. The number of rotatable bonds is 6. The molecule has 0 spiro atoms. The van der Waals surface area contributed by atoms with Gasteiger partial charge < -0.3 is 15.5 Å². The highest BCUT2D eigenvalue weighted by molar-refractivity contribution is 7.99. The second-order valence-corrected chi connectivity index (χ2v) is 4.05. The van der Waals surface area contributed by atoms with Crippen molar-refractivity contribution in [1.29, 1.82) is 0 Å². The Balaban J connectivity index is 3.96. The van der Waals surface area contributed by atoms with E-state index in [-0.39, 0.29) is 17.9 Å². The molecule has 0 aromatic carbocycles. The Bertz CT molecular complexity index is 161. The molecule has 3 N–H and O–H groups in total. The lowest BCUT2D eigenvalue weighted by Gasteiger charge is -2.23. The van der Waals surface area contributed by atoms with E-state index in [9.17, 15) is 4.79 Å². The molecule has 5 heteroatoms. The van der Waals surface area contributed by atoms with Gasteiger partial charge in [0, 0.05) is 11.3 Å². The van der Waals surface area contributed by atoms with Gasteiger partial charge in [-0.15, -0.1) is 0 Å². The third kappa shape index (κ3) is 4.50. The number of carbonyl (C=O) groups is 1. The minimum atomic E-state index is -0.871. The predicted molar refractivity (Wildman–Crippen MR) is 54.1 cm³/mol. The van der Waals surface area contributed by atoms with Crippen molar-refractivity contribution < 1.29 is 15.0 Å². The Morgan fingerprint density at radius 2 is 2.08 bits per heavy atom. The highest BCUT2D eigenvalue weighted by atomic mass is 32.2. The van der Waals surface area contributed by atoms with Gasteiger partial charge >= 0.3 is 5.97 Å². The van der Waals surface area contributed by atoms with Crippen molar-refractivity contribution in [3.63, 3.8) is 0 Å². The van der Waals surface area contributed by atoms with E-state index in [1.807, 2.05) is 13.2 Å². The second kappa shape index (κ2) is 6.23. The molecule has 0 radical (unpaired) electrons. The largest absolute Gasteiger partial charge is 0.480 e. The van der Waals surface area contributed by atoms with Crippen LogP contribution in [0.5, 0.6) is 0 Å². The van der Waals surface area contributed by atoms with Crippen LogP contribution >= 0.6 is 11.8 Å². The molecule has 4 nitrogen and oxygen atoms in total. The van der Waals surface area contributed by atoms with Gasteiger partial charge in [0.2, 0.25) is 0 Å². The Morgan fingerprint density at radius 3 is 2.38 bits per heavy atom. The molecule has 0 bridgehead atoms. The van der Waals surface area contributed by atoms with Gasteiger partial charge in [0.15, 0.2) is 0 Å². The van der Waals surface area contributed by atoms with Crippen LogP contribution in [0.1, 0.15) is 13.8 Å². The lowest BCUT2D eigenvalue weighted by Crippen LogP contribution is -2.45. The first kappa shape index (κ1) is 12.7. The van der Waals surface area contributed by atoms with Crippen molar-refractivity contribution in [2.75, 3.05) is 12.9 Å². The van der Waals surface area contributed by atoms with Crippen molar-refractivity contribution in [2.45, 2.75) is 31.2 Å². The third-order valence-electron chi connectivity index (χ3n) is 1.92. The van der Waals surface area contributed by atoms with Gasteiger partial charge in [-0.05, 0) is 20.1 Å². The molecule has 0 aliphatic heterocycles. The molecule has 0 aromatic heterocycles. The van der Waals surface area contributed by atoms with Crippen molar-refractivity contribution in [2.24, 2.45) is 0 Å². The number of carboxylic acid groups (broad SMARTS) is 1. The van der Waals surface area contributed by atoms with E-state index in [0.29, 0.717) is 0 Å². The topological polar surface area (TPSA) is 69.6 Å². The third-order valence-corrected chi connectivity index (χ3v) is 3.09. The van der Waals surface area contributed by atoms with Crippen molar-refractivity contribution >= 4 is 17.7 Å². The zero-order valence-electron chi connectivity index (χ0n) is 8.15. The fraction of sp³-hybridized carbons (Fsp3) is 0.875. The molecular weight excluding hydrogens is 190 g/mol. The summed E-state index contributed by atoms with van der Waals surface area (Å²) in [4.78, 5) is 10.5. The fourth-order valence-corrected chi connectivity index (χ4v) is 1.65. The van der Waals surface area contributed by atoms with Crippen LogP contribution in [-0.4, -0.2) is 46.4 Å². The first-order valence-corrected chi connectivity index (χ1v) is 5.44. The van der Waals surface area contributed by atoms with Gasteiger partial charge in [-0.25, -0.2) is 0 Å². The van der Waals surface area contributed by atoms with Crippen molar-refractivity contribution in [3.05, 3.63) is 0 Å². The smallest absolute Gasteiger partial charge is 0.320 e. The van der Waals surface area contributed by atoms with Gasteiger partial charge in [-0.1, -0.05) is 0 Å². The van der Waals surface area contributed by atoms with Crippen LogP contribution < -0.4 is 5.32 Å². The van der Waals surface area contributed by atoms with E-state index in [0.717, 1.165) is 0 Å². The van der Waals surface area contributed by atoms with Crippen LogP contribution in [0.15, 0.2) is 0 Å². The first-order chi connectivity index (χ1) is 6.02. The second-order valence-electron chi connectivity index (χ2n) is 2.97. The molecule has 0 saturated carbocycles. The number of aliphatic hydroxyl groups excluding tert-OH is 1. The molecule has 0 aliphatic carbocycles. The quantitative estimate of drug-likeness (QED) is 0.579. The monoisotopic (exact) mass is 207 g/mol. The summed E-state index contributed by atoms with van der Waals surface area (Å²) in [5.41, 5.74) is 0. The number of hydrogen-bond donors (Lipinski definition) is 3. The van der Waals surface area contributed by atoms with Crippen LogP contribution in [0.25, 0.3) is 0 Å². The predicted octanol–water partition coefficient (Wildman–Crippen LogP) is 0.161. The zero-order chi connectivity index (χ0) is 10.4. The van der Waals surface area contributed by atoms with Crippen LogP contribution in [0.3, 0.4) is 0 Å². The Hall–Kier alpha value is -0.260. The highest BCUT2D eigenvalue weighted by Crippen LogP contribution is 2.10. The molecule has 0 saturated heterocycles. The maximum atomic E-state index is 10.5. The zero-order valence-corrected chi connectivity index (χ0v) is 8.97. The minimum absolute atomic E-state index is 0.00824. The maximum absolute atomic E-state index is 10.5. The van der Waals surface area contributed by atoms with Gasteiger partial charge in [-0.2, -0.15) is 11.8 Å². The summed E-state index contributed by atoms with van der Waals surface area (Å²) in [5, 5.41) is 20.5. The van der Waals surface area contributed by atoms with Crippen LogP contribution in [0.4, 0.5) is 0 Å². The molecule has 3 unspecified atom stereocenters. The fourth-order valence-electron chi connectivity index (χ4n) is 1.01.